The summed E-state index contributed by atoms with van der Waals surface area (Å²) in [6.07, 6.45) is -5.93. The number of carboxylic acid groups (broad SMARTS) is 1. The minimum atomic E-state index is -4.72. The fourth-order valence-electron chi connectivity index (χ4n) is 1.02. The van der Waals surface area contributed by atoms with Crippen LogP contribution < -0.4 is 5.32 Å². The van der Waals surface area contributed by atoms with Crippen LogP contribution in [-0.4, -0.2) is 35.0 Å². The maximum atomic E-state index is 12.4. The Morgan fingerprint density at radius 2 is 1.67 bits per heavy atom. The molecule has 0 heterocycles. The molecule has 0 aliphatic heterocycles. The fraction of sp³-hybridized carbons (Fsp3) is 0.800. The fourth-order valence-corrected chi connectivity index (χ4v) is 1.02. The van der Waals surface area contributed by atoms with Crippen molar-refractivity contribution >= 4 is 12.1 Å². The first-order chi connectivity index (χ1) is 7.84. The molecule has 0 saturated heterocycles. The van der Waals surface area contributed by atoms with Gasteiger partial charge in [-0.3, -0.25) is 0 Å². The van der Waals surface area contributed by atoms with Crippen LogP contribution in [0.3, 0.4) is 0 Å². The van der Waals surface area contributed by atoms with Crippen molar-refractivity contribution in [3.8, 4) is 0 Å². The minimum Gasteiger partial charge on any atom is -0.480 e. The molecule has 0 saturated carbocycles. The zero-order valence-electron chi connectivity index (χ0n) is 10.5. The Morgan fingerprint density at radius 1 is 1.22 bits per heavy atom. The molecule has 0 bridgehead atoms. The van der Waals surface area contributed by atoms with E-state index in [9.17, 15) is 22.8 Å². The number of aliphatic carboxylic acids is 1. The van der Waals surface area contributed by atoms with E-state index in [1.54, 1.807) is 5.32 Å². The number of halogens is 3. The highest BCUT2D eigenvalue weighted by Crippen LogP contribution is 2.28. The first-order valence-corrected chi connectivity index (χ1v) is 5.13. The summed E-state index contributed by atoms with van der Waals surface area (Å²) in [7, 11) is 0. The smallest absolute Gasteiger partial charge is 0.408 e. The Bertz CT molecular complexity index is 322. The molecule has 2 N–H and O–H groups in total. The topological polar surface area (TPSA) is 75.6 Å². The van der Waals surface area contributed by atoms with Crippen molar-refractivity contribution in [2.45, 2.75) is 45.5 Å². The van der Waals surface area contributed by atoms with Crippen LogP contribution >= 0.6 is 0 Å². The van der Waals surface area contributed by atoms with E-state index in [1.165, 1.54) is 20.8 Å². The summed E-state index contributed by atoms with van der Waals surface area (Å²) in [6.45, 7) is 5.21. The summed E-state index contributed by atoms with van der Waals surface area (Å²) >= 11 is 0. The van der Waals surface area contributed by atoms with Crippen LogP contribution in [0, 0.1) is 5.92 Å². The normalized spacial score (nSPS) is 15.7. The van der Waals surface area contributed by atoms with Crippen molar-refractivity contribution in [3.63, 3.8) is 0 Å². The number of alkyl halides is 3. The van der Waals surface area contributed by atoms with Crippen molar-refractivity contribution in [1.29, 1.82) is 0 Å². The number of nitrogens with one attached hydrogen (secondary N) is 1. The SMILES string of the molecule is C[C@@H]([C@H](NC(=O)OC(C)(C)C)C(=O)O)C(F)(F)F. The summed E-state index contributed by atoms with van der Waals surface area (Å²) < 4.78 is 41.9. The standard InChI is InChI=1S/C10H16F3NO4/c1-5(10(11,12)13)6(7(15)16)14-8(17)18-9(2,3)4/h5-6H,1-4H3,(H,14,17)(H,15,16)/t5-,6-/m0/s1. The van der Waals surface area contributed by atoms with E-state index in [0.29, 0.717) is 6.92 Å². The van der Waals surface area contributed by atoms with Crippen molar-refractivity contribution in [2.75, 3.05) is 0 Å². The molecule has 0 aliphatic rings. The quantitative estimate of drug-likeness (QED) is 0.824. The highest BCUT2D eigenvalue weighted by Gasteiger charge is 2.45. The predicted octanol–water partition coefficient (Wildman–Crippen LogP) is 2.16. The number of alkyl carbamates (subject to hydrolysis) is 1. The average molecular weight is 271 g/mol. The van der Waals surface area contributed by atoms with Gasteiger partial charge < -0.3 is 15.2 Å². The molecule has 18 heavy (non-hydrogen) atoms. The molecule has 0 spiro atoms. The number of rotatable bonds is 3. The van der Waals surface area contributed by atoms with Gasteiger partial charge >= 0.3 is 18.2 Å². The highest BCUT2D eigenvalue weighted by atomic mass is 19.4. The lowest BCUT2D eigenvalue weighted by molar-refractivity contribution is -0.184. The average Bonchev–Trinajstić information content (AvgIpc) is 2.08. The van der Waals surface area contributed by atoms with Crippen molar-refractivity contribution in [1.82, 2.24) is 5.32 Å². The van der Waals surface area contributed by atoms with Gasteiger partial charge in [0.1, 0.15) is 11.6 Å². The van der Waals surface area contributed by atoms with E-state index in [-0.39, 0.29) is 0 Å². The molecule has 106 valence electrons. The molecule has 0 unspecified atom stereocenters. The summed E-state index contributed by atoms with van der Waals surface area (Å²) in [6, 6.07) is -2.08. The van der Waals surface area contributed by atoms with Gasteiger partial charge in [-0.15, -0.1) is 0 Å². The third-order valence-electron chi connectivity index (χ3n) is 1.95. The Morgan fingerprint density at radius 3 is 1.94 bits per heavy atom. The van der Waals surface area contributed by atoms with Gasteiger partial charge in [-0.25, -0.2) is 9.59 Å². The maximum Gasteiger partial charge on any atom is 0.408 e. The number of carbonyl (C=O) groups is 2. The number of hydrogen-bond acceptors (Lipinski definition) is 3. The van der Waals surface area contributed by atoms with Gasteiger partial charge in [0.05, 0.1) is 5.92 Å². The molecule has 1 amide bonds. The molecule has 0 rings (SSSR count). The van der Waals surface area contributed by atoms with Gasteiger partial charge in [-0.05, 0) is 20.8 Å². The third kappa shape index (κ3) is 5.74. The second-order valence-corrected chi connectivity index (χ2v) is 4.79. The van der Waals surface area contributed by atoms with Crippen LogP contribution in [0.4, 0.5) is 18.0 Å². The second kappa shape index (κ2) is 5.45. The molecule has 0 aromatic carbocycles. The van der Waals surface area contributed by atoms with Crippen LogP contribution in [0.5, 0.6) is 0 Å². The molecule has 0 aromatic heterocycles. The summed E-state index contributed by atoms with van der Waals surface area (Å²) in [5, 5.41) is 10.4. The Labute approximate surface area is 102 Å². The van der Waals surface area contributed by atoms with Crippen molar-refractivity contribution in [3.05, 3.63) is 0 Å². The van der Waals surface area contributed by atoms with Gasteiger partial charge in [0.2, 0.25) is 0 Å². The monoisotopic (exact) mass is 271 g/mol. The molecule has 0 aromatic rings. The molecule has 0 fully saturated rings. The zero-order valence-corrected chi connectivity index (χ0v) is 10.5. The predicted molar refractivity (Wildman–Crippen MR) is 56.0 cm³/mol. The lowest BCUT2D eigenvalue weighted by atomic mass is 10.0. The summed E-state index contributed by atoms with van der Waals surface area (Å²) in [5.41, 5.74) is -0.922. The molecule has 0 radical (unpaired) electrons. The highest BCUT2D eigenvalue weighted by molar-refractivity contribution is 5.80. The van der Waals surface area contributed by atoms with Crippen LogP contribution in [0.25, 0.3) is 0 Å². The van der Waals surface area contributed by atoms with Crippen LogP contribution in [0.1, 0.15) is 27.7 Å². The van der Waals surface area contributed by atoms with E-state index >= 15 is 0 Å². The van der Waals surface area contributed by atoms with Gasteiger partial charge in [0.25, 0.3) is 0 Å². The first kappa shape index (κ1) is 16.5. The van der Waals surface area contributed by atoms with Crippen LogP contribution in [0.2, 0.25) is 0 Å². The maximum absolute atomic E-state index is 12.4. The molecular formula is C10H16F3NO4. The molecule has 5 nitrogen and oxygen atoms in total. The van der Waals surface area contributed by atoms with Crippen molar-refractivity contribution < 1.29 is 32.6 Å². The molecular weight excluding hydrogens is 255 g/mol. The minimum absolute atomic E-state index is 0.677. The Kier molecular flexibility index (Phi) is 5.00. The van der Waals surface area contributed by atoms with E-state index in [4.69, 9.17) is 9.84 Å². The van der Waals surface area contributed by atoms with Crippen LogP contribution in [0.15, 0.2) is 0 Å². The second-order valence-electron chi connectivity index (χ2n) is 4.79. The zero-order chi connectivity index (χ0) is 14.7. The van der Waals surface area contributed by atoms with Gasteiger partial charge in [-0.2, -0.15) is 13.2 Å². The molecule has 0 aliphatic carbocycles. The summed E-state index contributed by atoms with van der Waals surface area (Å²) in [5.74, 6) is -3.99. The number of hydrogen-bond donors (Lipinski definition) is 2. The van der Waals surface area contributed by atoms with Crippen molar-refractivity contribution in [2.24, 2.45) is 5.92 Å². The van der Waals surface area contributed by atoms with Crippen LogP contribution in [-0.2, 0) is 9.53 Å². The van der Waals surface area contributed by atoms with E-state index in [2.05, 4.69) is 0 Å². The van der Waals surface area contributed by atoms with E-state index < -0.39 is 35.8 Å². The van der Waals surface area contributed by atoms with Gasteiger partial charge in [-0.1, -0.05) is 6.92 Å². The Balaban J connectivity index is 4.76. The number of ether oxygens (including phenoxy) is 1. The first-order valence-electron chi connectivity index (χ1n) is 5.13. The van der Waals surface area contributed by atoms with E-state index in [1.807, 2.05) is 0 Å². The summed E-state index contributed by atoms with van der Waals surface area (Å²) in [4.78, 5) is 22.0. The lowest BCUT2D eigenvalue weighted by Gasteiger charge is -2.25. The third-order valence-corrected chi connectivity index (χ3v) is 1.95. The lowest BCUT2D eigenvalue weighted by Crippen LogP contribution is -2.50. The number of amides is 1. The largest absolute Gasteiger partial charge is 0.480 e. The molecule has 2 atom stereocenters. The Hall–Kier alpha value is -1.47. The van der Waals surface area contributed by atoms with Gasteiger partial charge in [0, 0.05) is 0 Å². The number of carboxylic acids is 1. The van der Waals surface area contributed by atoms with Gasteiger partial charge in [0.15, 0.2) is 0 Å². The molecule has 8 heteroatoms. The number of carbonyl (C=O) groups excluding carboxylic acids is 1. The van der Waals surface area contributed by atoms with E-state index in [0.717, 1.165) is 0 Å².